The van der Waals surface area contributed by atoms with Gasteiger partial charge in [-0.2, -0.15) is 0 Å². The molecule has 0 aliphatic carbocycles. The third-order valence-corrected chi connectivity index (χ3v) is 4.76. The van der Waals surface area contributed by atoms with Crippen molar-refractivity contribution in [1.82, 2.24) is 0 Å². The van der Waals surface area contributed by atoms with Gasteiger partial charge < -0.3 is 13.6 Å². The van der Waals surface area contributed by atoms with E-state index in [2.05, 4.69) is 0 Å². The molecule has 138 valence electrons. The monoisotopic (exact) mass is 364 g/mol. The van der Waals surface area contributed by atoms with Crippen LogP contribution in [-0.4, -0.2) is 6.10 Å². The van der Waals surface area contributed by atoms with Crippen LogP contribution < -0.4 is 15.8 Å². The summed E-state index contributed by atoms with van der Waals surface area (Å²) in [5, 5.41) is 0.965. The number of ether oxygens (including phenoxy) is 1. The van der Waals surface area contributed by atoms with Crippen LogP contribution in [-0.2, 0) is 6.42 Å². The number of allylic oxidation sites excluding steroid dienone is 1. The Morgan fingerprint density at radius 1 is 1.19 bits per heavy atom. The van der Waals surface area contributed by atoms with Crippen molar-refractivity contribution in [2.24, 2.45) is 0 Å². The van der Waals surface area contributed by atoms with Crippen LogP contribution in [0, 0.1) is 6.92 Å². The summed E-state index contributed by atoms with van der Waals surface area (Å²) in [7, 11) is 0. The molecule has 1 unspecified atom stereocenters. The molecule has 0 spiro atoms. The largest absolute Gasteiger partial charge is 0.481 e. The van der Waals surface area contributed by atoms with Crippen molar-refractivity contribution < 1.29 is 13.6 Å². The van der Waals surface area contributed by atoms with Crippen LogP contribution in [0.25, 0.3) is 28.0 Å². The molecule has 0 fully saturated rings. The normalized spacial score (nSPS) is 16.2. The third-order valence-electron chi connectivity index (χ3n) is 4.76. The number of rotatable bonds is 3. The summed E-state index contributed by atoms with van der Waals surface area (Å²) in [6, 6.07) is 1.49. The van der Waals surface area contributed by atoms with Gasteiger partial charge in [0.25, 0.3) is 0 Å². The van der Waals surface area contributed by atoms with Gasteiger partial charge in [-0.3, -0.25) is 4.79 Å². The molecule has 1 aliphatic heterocycles. The minimum atomic E-state index is -0.482. The number of benzene rings is 1. The first-order valence-electron chi connectivity index (χ1n) is 9.07. The maximum atomic E-state index is 12.9. The molecule has 0 saturated heterocycles. The summed E-state index contributed by atoms with van der Waals surface area (Å²) in [5.74, 6) is 0.585. The maximum Gasteiger partial charge on any atom is 0.336 e. The number of fused-ring (bicyclic) bond motifs is 6. The Labute approximate surface area is 155 Å². The second-order valence-electron chi connectivity index (χ2n) is 6.71. The van der Waals surface area contributed by atoms with E-state index in [4.69, 9.17) is 13.6 Å². The number of hydrogen-bond acceptors (Lipinski definition) is 5. The van der Waals surface area contributed by atoms with Gasteiger partial charge in [-0.15, -0.1) is 0 Å². The van der Waals surface area contributed by atoms with Crippen molar-refractivity contribution in [2.75, 3.05) is 0 Å². The Morgan fingerprint density at radius 3 is 2.74 bits per heavy atom. The molecule has 2 aromatic heterocycles. The van der Waals surface area contributed by atoms with Crippen molar-refractivity contribution in [1.29, 1.82) is 0 Å². The standard InChI is InChI=1S/C22H20O5/c1-4-6-13-10-16(23)27-22-17(13)21-15(9-8-14(26-21)7-5-2)20-18(22)19(24)12(3)11-25-20/h5,7-11,14H,4,6H2,1-3H3. The molecule has 1 aromatic carbocycles. The van der Waals surface area contributed by atoms with E-state index in [9.17, 15) is 9.59 Å². The van der Waals surface area contributed by atoms with E-state index >= 15 is 0 Å². The average Bonchev–Trinajstić information content (AvgIpc) is 2.64. The van der Waals surface area contributed by atoms with E-state index in [1.165, 1.54) is 12.3 Å². The van der Waals surface area contributed by atoms with Crippen LogP contribution in [0.4, 0.5) is 0 Å². The lowest BCUT2D eigenvalue weighted by Crippen LogP contribution is -2.17. The van der Waals surface area contributed by atoms with Gasteiger partial charge in [-0.1, -0.05) is 19.4 Å². The predicted octanol–water partition coefficient (Wildman–Crippen LogP) is 4.51. The maximum absolute atomic E-state index is 12.9. The van der Waals surface area contributed by atoms with Crippen LogP contribution in [0.5, 0.6) is 5.75 Å². The molecule has 3 heterocycles. The Morgan fingerprint density at radius 2 is 2.00 bits per heavy atom. The Kier molecular flexibility index (Phi) is 4.22. The zero-order valence-electron chi connectivity index (χ0n) is 15.5. The minimum Gasteiger partial charge on any atom is -0.481 e. The van der Waals surface area contributed by atoms with Crippen LogP contribution in [0.1, 0.15) is 37.0 Å². The molecule has 5 heteroatoms. The lowest BCUT2D eigenvalue weighted by atomic mass is 9.96. The Hall–Kier alpha value is -3.08. The van der Waals surface area contributed by atoms with Gasteiger partial charge in [-0.05, 0) is 44.1 Å². The molecule has 0 amide bonds. The average molecular weight is 364 g/mol. The molecule has 1 aliphatic rings. The Bertz CT molecular complexity index is 1220. The van der Waals surface area contributed by atoms with Crippen molar-refractivity contribution in [2.45, 2.75) is 39.7 Å². The summed E-state index contributed by atoms with van der Waals surface area (Å²) in [4.78, 5) is 25.1. The Balaban J connectivity index is 2.24. The van der Waals surface area contributed by atoms with Crippen LogP contribution in [0.3, 0.4) is 0 Å². The van der Waals surface area contributed by atoms with E-state index in [1.54, 1.807) is 6.92 Å². The van der Waals surface area contributed by atoms with Crippen LogP contribution in [0.2, 0.25) is 0 Å². The molecule has 0 saturated carbocycles. The van der Waals surface area contributed by atoms with Gasteiger partial charge in [0.05, 0.1) is 17.2 Å². The smallest absolute Gasteiger partial charge is 0.336 e. The highest BCUT2D eigenvalue weighted by Gasteiger charge is 2.26. The topological polar surface area (TPSA) is 69.7 Å². The molecule has 27 heavy (non-hydrogen) atoms. The van der Waals surface area contributed by atoms with Gasteiger partial charge >= 0.3 is 5.63 Å². The summed E-state index contributed by atoms with van der Waals surface area (Å²) in [6.07, 6.45) is 10.4. The lowest BCUT2D eigenvalue weighted by Gasteiger charge is -2.22. The second-order valence-corrected chi connectivity index (χ2v) is 6.71. The molecule has 5 nitrogen and oxygen atoms in total. The van der Waals surface area contributed by atoms with Crippen LogP contribution in [0.15, 0.2) is 49.0 Å². The van der Waals surface area contributed by atoms with E-state index in [-0.39, 0.29) is 22.5 Å². The summed E-state index contributed by atoms with van der Waals surface area (Å²) in [5.41, 5.74) is 1.90. The molecular weight excluding hydrogens is 344 g/mol. The number of hydrogen-bond donors (Lipinski definition) is 0. The van der Waals surface area contributed by atoms with Crippen molar-refractivity contribution in [3.63, 3.8) is 0 Å². The molecule has 4 rings (SSSR count). The number of aryl methyl sites for hydroxylation is 2. The lowest BCUT2D eigenvalue weighted by molar-refractivity contribution is 0.295. The van der Waals surface area contributed by atoms with Gasteiger partial charge in [0.15, 0.2) is 16.6 Å². The first-order chi connectivity index (χ1) is 13.0. The molecular formula is C22H20O5. The SMILES string of the molecule is CC=CC1C=Cc2c(c3c(CCC)cc(=O)oc3c3c(=O)c(C)coc23)O1. The second kappa shape index (κ2) is 6.58. The minimum absolute atomic E-state index is 0.204. The third kappa shape index (κ3) is 2.70. The molecule has 0 bridgehead atoms. The molecule has 1 atom stereocenters. The fraction of sp³-hybridized carbons (Fsp3) is 0.273. The van der Waals surface area contributed by atoms with Gasteiger partial charge in [0, 0.05) is 11.6 Å². The van der Waals surface area contributed by atoms with Gasteiger partial charge in [-0.25, -0.2) is 4.79 Å². The highest BCUT2D eigenvalue weighted by molar-refractivity contribution is 6.10. The zero-order chi connectivity index (χ0) is 19.1. The summed E-state index contributed by atoms with van der Waals surface area (Å²) < 4.78 is 17.5. The summed E-state index contributed by atoms with van der Waals surface area (Å²) >= 11 is 0. The quantitative estimate of drug-likeness (QED) is 0.388. The van der Waals surface area contributed by atoms with Crippen LogP contribution >= 0.6 is 0 Å². The predicted molar refractivity (Wildman–Crippen MR) is 106 cm³/mol. The molecule has 0 radical (unpaired) electrons. The summed E-state index contributed by atoms with van der Waals surface area (Å²) in [6.45, 7) is 5.64. The van der Waals surface area contributed by atoms with Crippen molar-refractivity contribution >= 4 is 28.0 Å². The van der Waals surface area contributed by atoms with E-state index in [0.717, 1.165) is 12.0 Å². The van der Waals surface area contributed by atoms with E-state index < -0.39 is 5.63 Å². The van der Waals surface area contributed by atoms with E-state index in [1.807, 2.05) is 38.2 Å². The first-order valence-corrected chi connectivity index (χ1v) is 9.07. The molecule has 3 aromatic rings. The zero-order valence-corrected chi connectivity index (χ0v) is 15.5. The van der Waals surface area contributed by atoms with Gasteiger partial charge in [0.2, 0.25) is 0 Å². The molecule has 0 N–H and O–H groups in total. The fourth-order valence-corrected chi connectivity index (χ4v) is 3.57. The van der Waals surface area contributed by atoms with Gasteiger partial charge in [0.1, 0.15) is 17.2 Å². The van der Waals surface area contributed by atoms with Crippen molar-refractivity contribution in [3.8, 4) is 5.75 Å². The van der Waals surface area contributed by atoms with Crippen molar-refractivity contribution in [3.05, 3.63) is 67.9 Å². The van der Waals surface area contributed by atoms with E-state index in [0.29, 0.717) is 34.3 Å². The highest BCUT2D eigenvalue weighted by Crippen LogP contribution is 2.42. The first kappa shape index (κ1) is 17.3. The highest BCUT2D eigenvalue weighted by atomic mass is 16.5. The fourth-order valence-electron chi connectivity index (χ4n) is 3.57.